The molecule has 2 atom stereocenters. The summed E-state index contributed by atoms with van der Waals surface area (Å²) in [6, 6.07) is -0.145. The van der Waals surface area contributed by atoms with Crippen LogP contribution >= 0.6 is 0 Å². The van der Waals surface area contributed by atoms with E-state index in [1.807, 2.05) is 25.7 Å². The summed E-state index contributed by atoms with van der Waals surface area (Å²) in [5, 5.41) is 12.1. The van der Waals surface area contributed by atoms with Crippen molar-refractivity contribution in [3.05, 3.63) is 0 Å². The maximum absolute atomic E-state index is 11.8. The molecular weight excluding hydrogens is 208 g/mol. The van der Waals surface area contributed by atoms with Crippen molar-refractivity contribution in [2.45, 2.75) is 38.9 Å². The molecule has 1 heterocycles. The number of hydrogen-bond donors (Lipinski definition) is 2. The number of rotatable bonds is 4. The summed E-state index contributed by atoms with van der Waals surface area (Å²) in [5.74, 6) is 0.00958. The first-order chi connectivity index (χ1) is 7.56. The summed E-state index contributed by atoms with van der Waals surface area (Å²) < 4.78 is 5.28. The number of nitrogens with zero attached hydrogens (tertiary/aromatic N) is 1. The largest absolute Gasteiger partial charge is 0.395 e. The van der Waals surface area contributed by atoms with Crippen LogP contribution in [0.4, 0.5) is 0 Å². The predicted molar refractivity (Wildman–Crippen MR) is 61.1 cm³/mol. The monoisotopic (exact) mass is 230 g/mol. The van der Waals surface area contributed by atoms with Gasteiger partial charge in [-0.3, -0.25) is 9.69 Å². The molecule has 0 aromatic rings. The second-order valence-corrected chi connectivity index (χ2v) is 4.49. The molecule has 1 aliphatic heterocycles. The van der Waals surface area contributed by atoms with Crippen molar-refractivity contribution in [2.75, 3.05) is 26.4 Å². The Kier molecular flexibility index (Phi) is 5.18. The van der Waals surface area contributed by atoms with Gasteiger partial charge in [-0.1, -0.05) is 0 Å². The standard InChI is InChI=1S/C11H22N2O3/c1-8(2)12-11(15)9(3)13-4-5-16-7-10(13)6-14/h8-10,14H,4-7H2,1-3H3,(H,12,15). The second kappa shape index (κ2) is 6.18. The third-order valence-electron chi connectivity index (χ3n) is 2.79. The van der Waals surface area contributed by atoms with Gasteiger partial charge in [0, 0.05) is 12.6 Å². The van der Waals surface area contributed by atoms with E-state index in [2.05, 4.69) is 5.32 Å². The molecule has 2 unspecified atom stereocenters. The van der Waals surface area contributed by atoms with E-state index in [0.29, 0.717) is 19.8 Å². The number of amides is 1. The molecule has 1 aliphatic rings. The number of aliphatic hydroxyl groups excluding tert-OH is 1. The van der Waals surface area contributed by atoms with Gasteiger partial charge in [0.05, 0.1) is 31.9 Å². The molecule has 0 saturated carbocycles. The third kappa shape index (κ3) is 3.43. The molecule has 2 N–H and O–H groups in total. The van der Waals surface area contributed by atoms with E-state index in [1.54, 1.807) is 0 Å². The Labute approximate surface area is 96.8 Å². The highest BCUT2D eigenvalue weighted by Gasteiger charge is 2.30. The van der Waals surface area contributed by atoms with Crippen molar-refractivity contribution in [2.24, 2.45) is 0 Å². The van der Waals surface area contributed by atoms with Crippen LogP contribution in [0.1, 0.15) is 20.8 Å². The topological polar surface area (TPSA) is 61.8 Å². The molecule has 0 aliphatic carbocycles. The Morgan fingerprint density at radius 2 is 2.25 bits per heavy atom. The fourth-order valence-electron chi connectivity index (χ4n) is 1.89. The van der Waals surface area contributed by atoms with Crippen molar-refractivity contribution in [3.63, 3.8) is 0 Å². The zero-order chi connectivity index (χ0) is 12.1. The van der Waals surface area contributed by atoms with Crippen LogP contribution in [0.2, 0.25) is 0 Å². The van der Waals surface area contributed by atoms with Crippen LogP contribution in [0, 0.1) is 0 Å². The molecule has 0 aromatic carbocycles. The molecular formula is C11H22N2O3. The molecule has 0 radical (unpaired) electrons. The minimum Gasteiger partial charge on any atom is -0.395 e. The Bertz CT molecular complexity index is 233. The predicted octanol–water partition coefficient (Wildman–Crippen LogP) is -0.407. The average molecular weight is 230 g/mol. The van der Waals surface area contributed by atoms with E-state index >= 15 is 0 Å². The van der Waals surface area contributed by atoms with Gasteiger partial charge in [-0.25, -0.2) is 0 Å². The molecule has 5 heteroatoms. The molecule has 0 aromatic heterocycles. The van der Waals surface area contributed by atoms with Crippen LogP contribution in [0.3, 0.4) is 0 Å². The Morgan fingerprint density at radius 1 is 1.56 bits per heavy atom. The van der Waals surface area contributed by atoms with Crippen molar-refractivity contribution >= 4 is 5.91 Å². The van der Waals surface area contributed by atoms with Gasteiger partial charge in [-0.05, 0) is 20.8 Å². The lowest BCUT2D eigenvalue weighted by Gasteiger charge is -2.38. The van der Waals surface area contributed by atoms with Gasteiger partial charge in [0.2, 0.25) is 5.91 Å². The van der Waals surface area contributed by atoms with Crippen LogP contribution in [0.25, 0.3) is 0 Å². The fraction of sp³-hybridized carbons (Fsp3) is 0.909. The highest BCUT2D eigenvalue weighted by molar-refractivity contribution is 5.81. The first kappa shape index (κ1) is 13.4. The maximum Gasteiger partial charge on any atom is 0.237 e. The van der Waals surface area contributed by atoms with Gasteiger partial charge in [0.15, 0.2) is 0 Å². The normalized spacial score (nSPS) is 24.4. The summed E-state index contributed by atoms with van der Waals surface area (Å²) in [4.78, 5) is 13.8. The number of carbonyl (C=O) groups is 1. The highest BCUT2D eigenvalue weighted by atomic mass is 16.5. The van der Waals surface area contributed by atoms with Crippen molar-refractivity contribution in [1.29, 1.82) is 0 Å². The van der Waals surface area contributed by atoms with E-state index in [0.717, 1.165) is 0 Å². The minimum atomic E-state index is -0.219. The lowest BCUT2D eigenvalue weighted by atomic mass is 10.1. The average Bonchev–Trinajstić information content (AvgIpc) is 2.27. The van der Waals surface area contributed by atoms with E-state index in [4.69, 9.17) is 4.74 Å². The van der Waals surface area contributed by atoms with E-state index < -0.39 is 0 Å². The van der Waals surface area contributed by atoms with Crippen LogP contribution in [-0.2, 0) is 9.53 Å². The number of carbonyl (C=O) groups excluding carboxylic acids is 1. The summed E-state index contributed by atoms with van der Waals surface area (Å²) in [6.45, 7) is 7.58. The number of hydrogen-bond acceptors (Lipinski definition) is 4. The molecule has 1 amide bonds. The number of nitrogens with one attached hydrogen (secondary N) is 1. The van der Waals surface area contributed by atoms with Gasteiger partial charge in [-0.15, -0.1) is 0 Å². The fourth-order valence-corrected chi connectivity index (χ4v) is 1.89. The summed E-state index contributed by atoms with van der Waals surface area (Å²) in [5.41, 5.74) is 0. The third-order valence-corrected chi connectivity index (χ3v) is 2.79. The molecule has 16 heavy (non-hydrogen) atoms. The lowest BCUT2D eigenvalue weighted by molar-refractivity contribution is -0.131. The summed E-state index contributed by atoms with van der Waals surface area (Å²) >= 11 is 0. The van der Waals surface area contributed by atoms with Crippen LogP contribution in [0.5, 0.6) is 0 Å². The Hall–Kier alpha value is -0.650. The lowest BCUT2D eigenvalue weighted by Crippen LogP contribution is -2.56. The smallest absolute Gasteiger partial charge is 0.237 e. The van der Waals surface area contributed by atoms with Crippen molar-refractivity contribution in [1.82, 2.24) is 10.2 Å². The Balaban J connectivity index is 2.56. The highest BCUT2D eigenvalue weighted by Crippen LogP contribution is 2.11. The van der Waals surface area contributed by atoms with Gasteiger partial charge >= 0.3 is 0 Å². The quantitative estimate of drug-likeness (QED) is 0.689. The van der Waals surface area contributed by atoms with Crippen LogP contribution < -0.4 is 5.32 Å². The van der Waals surface area contributed by atoms with Gasteiger partial charge < -0.3 is 15.2 Å². The number of aliphatic hydroxyl groups is 1. The molecule has 1 rings (SSSR count). The molecule has 0 spiro atoms. The van der Waals surface area contributed by atoms with Gasteiger partial charge in [0.1, 0.15) is 0 Å². The molecule has 94 valence electrons. The van der Waals surface area contributed by atoms with Gasteiger partial charge in [0.25, 0.3) is 0 Å². The number of morpholine rings is 1. The molecule has 0 bridgehead atoms. The molecule has 1 saturated heterocycles. The zero-order valence-corrected chi connectivity index (χ0v) is 10.3. The molecule has 1 fully saturated rings. The maximum atomic E-state index is 11.8. The van der Waals surface area contributed by atoms with E-state index in [-0.39, 0.29) is 30.6 Å². The summed E-state index contributed by atoms with van der Waals surface area (Å²) in [6.07, 6.45) is 0. The molecule has 5 nitrogen and oxygen atoms in total. The SMILES string of the molecule is CC(C)NC(=O)C(C)N1CCOCC1CO. The van der Waals surface area contributed by atoms with Crippen LogP contribution in [0.15, 0.2) is 0 Å². The minimum absolute atomic E-state index is 0.00958. The summed E-state index contributed by atoms with van der Waals surface area (Å²) in [7, 11) is 0. The number of ether oxygens (including phenoxy) is 1. The first-order valence-electron chi connectivity index (χ1n) is 5.81. The van der Waals surface area contributed by atoms with E-state index in [1.165, 1.54) is 0 Å². The van der Waals surface area contributed by atoms with Crippen molar-refractivity contribution in [3.8, 4) is 0 Å². The Morgan fingerprint density at radius 3 is 2.81 bits per heavy atom. The second-order valence-electron chi connectivity index (χ2n) is 4.49. The first-order valence-corrected chi connectivity index (χ1v) is 5.81. The zero-order valence-electron chi connectivity index (χ0n) is 10.3. The van der Waals surface area contributed by atoms with Crippen LogP contribution in [-0.4, -0.2) is 60.4 Å². The van der Waals surface area contributed by atoms with E-state index in [9.17, 15) is 9.90 Å². The van der Waals surface area contributed by atoms with Crippen molar-refractivity contribution < 1.29 is 14.6 Å². The van der Waals surface area contributed by atoms with Gasteiger partial charge in [-0.2, -0.15) is 0 Å².